The molecule has 1 aromatic heterocycles. The number of halogens is 2. The van der Waals surface area contributed by atoms with E-state index in [9.17, 15) is 14.9 Å². The van der Waals surface area contributed by atoms with Gasteiger partial charge in [-0.3, -0.25) is 14.9 Å². The molecule has 38 heavy (non-hydrogen) atoms. The number of fused-ring (bicyclic) bond motifs is 1. The maximum atomic E-state index is 13.3. The van der Waals surface area contributed by atoms with E-state index in [-0.39, 0.29) is 23.6 Å². The third kappa shape index (κ3) is 5.27. The number of ether oxygens (including phenoxy) is 1. The molecular formula is C28H18Cl2N4O4. The number of para-hydroxylation sites is 1. The first kappa shape index (κ1) is 25.1. The number of benzene rings is 4. The Morgan fingerprint density at radius 2 is 1.71 bits per heavy atom. The molecule has 0 saturated heterocycles. The second-order valence-corrected chi connectivity index (χ2v) is 9.02. The van der Waals surface area contributed by atoms with Gasteiger partial charge in [0.15, 0.2) is 11.6 Å². The summed E-state index contributed by atoms with van der Waals surface area (Å²) in [6.45, 7) is 0.0593. The molecule has 0 N–H and O–H groups in total. The van der Waals surface area contributed by atoms with Gasteiger partial charge in [0, 0.05) is 17.2 Å². The second kappa shape index (κ2) is 10.8. The van der Waals surface area contributed by atoms with Gasteiger partial charge in [-0.25, -0.2) is 4.98 Å². The lowest BCUT2D eigenvalue weighted by Crippen LogP contribution is -2.20. The standard InChI is InChI=1S/C28H18Cl2N4O4/c29-22-12-10-19(14-23(22)30)17-38-26-13-11-18(15-25(26)34(36)37)16-31-33-27(20-6-2-1-3-7-20)32-24-9-5-4-8-21(24)28(33)35/h1-16H,17H2. The molecule has 0 unspecified atom stereocenters. The van der Waals surface area contributed by atoms with Crippen molar-refractivity contribution in [3.63, 3.8) is 0 Å². The summed E-state index contributed by atoms with van der Waals surface area (Å²) in [4.78, 5) is 29.2. The van der Waals surface area contributed by atoms with Crippen molar-refractivity contribution in [3.05, 3.63) is 133 Å². The molecule has 0 atom stereocenters. The molecule has 1 heterocycles. The number of rotatable bonds is 7. The van der Waals surface area contributed by atoms with Crippen LogP contribution in [-0.4, -0.2) is 20.8 Å². The molecule has 0 aliphatic heterocycles. The summed E-state index contributed by atoms with van der Waals surface area (Å²) < 4.78 is 6.88. The first-order valence-electron chi connectivity index (χ1n) is 11.4. The lowest BCUT2D eigenvalue weighted by molar-refractivity contribution is -0.385. The summed E-state index contributed by atoms with van der Waals surface area (Å²) in [5.74, 6) is 0.425. The van der Waals surface area contributed by atoms with E-state index in [1.807, 2.05) is 30.3 Å². The van der Waals surface area contributed by atoms with Crippen molar-refractivity contribution < 1.29 is 9.66 Å². The normalized spacial score (nSPS) is 11.2. The molecule has 0 amide bonds. The second-order valence-electron chi connectivity index (χ2n) is 8.20. The quantitative estimate of drug-likeness (QED) is 0.128. The van der Waals surface area contributed by atoms with Crippen LogP contribution in [0.3, 0.4) is 0 Å². The van der Waals surface area contributed by atoms with Crippen LogP contribution in [0.4, 0.5) is 5.69 Å². The molecule has 0 spiro atoms. The van der Waals surface area contributed by atoms with Gasteiger partial charge in [-0.1, -0.05) is 71.7 Å². The highest BCUT2D eigenvalue weighted by molar-refractivity contribution is 6.42. The van der Waals surface area contributed by atoms with E-state index >= 15 is 0 Å². The minimum Gasteiger partial charge on any atom is -0.482 e. The smallest absolute Gasteiger partial charge is 0.311 e. The Hall–Kier alpha value is -4.53. The van der Waals surface area contributed by atoms with Crippen LogP contribution in [0.1, 0.15) is 11.1 Å². The maximum absolute atomic E-state index is 13.3. The Labute approximate surface area is 226 Å². The van der Waals surface area contributed by atoms with Gasteiger partial charge in [-0.15, -0.1) is 0 Å². The molecule has 0 bridgehead atoms. The Kier molecular flexibility index (Phi) is 7.17. The molecule has 4 aromatic carbocycles. The van der Waals surface area contributed by atoms with Crippen LogP contribution in [-0.2, 0) is 6.61 Å². The minimum absolute atomic E-state index is 0.0593. The molecule has 0 radical (unpaired) electrons. The molecule has 5 rings (SSSR count). The fourth-order valence-electron chi connectivity index (χ4n) is 3.80. The van der Waals surface area contributed by atoms with Crippen LogP contribution in [0.15, 0.2) is 101 Å². The van der Waals surface area contributed by atoms with E-state index in [1.165, 1.54) is 23.0 Å². The third-order valence-electron chi connectivity index (χ3n) is 5.67. The molecule has 0 aliphatic carbocycles. The number of hydrogen-bond acceptors (Lipinski definition) is 6. The summed E-state index contributed by atoms with van der Waals surface area (Å²) in [5.41, 5.74) is 1.74. The van der Waals surface area contributed by atoms with Crippen molar-refractivity contribution in [1.29, 1.82) is 0 Å². The van der Waals surface area contributed by atoms with E-state index in [4.69, 9.17) is 27.9 Å². The van der Waals surface area contributed by atoms with Gasteiger partial charge < -0.3 is 4.74 Å². The topological polar surface area (TPSA) is 99.6 Å². The number of aromatic nitrogens is 2. The van der Waals surface area contributed by atoms with Gasteiger partial charge in [0.05, 0.1) is 32.1 Å². The zero-order valence-corrected chi connectivity index (χ0v) is 21.1. The molecule has 0 aliphatic rings. The molecule has 5 aromatic rings. The zero-order valence-electron chi connectivity index (χ0n) is 19.6. The van der Waals surface area contributed by atoms with Gasteiger partial charge in [0.25, 0.3) is 5.56 Å². The van der Waals surface area contributed by atoms with Crippen LogP contribution in [0, 0.1) is 10.1 Å². The SMILES string of the molecule is O=c1c2ccccc2nc(-c2ccccc2)n1N=Cc1ccc(OCc2ccc(Cl)c(Cl)c2)c([N+](=O)[O-])c1. The van der Waals surface area contributed by atoms with Crippen molar-refractivity contribution in [1.82, 2.24) is 9.66 Å². The summed E-state index contributed by atoms with van der Waals surface area (Å²) in [6, 6.07) is 25.6. The van der Waals surface area contributed by atoms with Gasteiger partial charge in [-0.05, 0) is 42.0 Å². The van der Waals surface area contributed by atoms with Gasteiger partial charge >= 0.3 is 5.69 Å². The molecule has 8 nitrogen and oxygen atoms in total. The number of hydrogen-bond donors (Lipinski definition) is 0. The highest BCUT2D eigenvalue weighted by Gasteiger charge is 2.17. The fraction of sp³-hybridized carbons (Fsp3) is 0.0357. The molecule has 188 valence electrons. The van der Waals surface area contributed by atoms with E-state index in [2.05, 4.69) is 10.1 Å². The Balaban J connectivity index is 1.49. The predicted octanol–water partition coefficient (Wildman–Crippen LogP) is 6.74. The minimum atomic E-state index is -0.541. The monoisotopic (exact) mass is 544 g/mol. The first-order valence-corrected chi connectivity index (χ1v) is 12.1. The van der Waals surface area contributed by atoms with Crippen molar-refractivity contribution >= 4 is 46.0 Å². The van der Waals surface area contributed by atoms with Crippen LogP contribution in [0.25, 0.3) is 22.3 Å². The molecule has 0 fully saturated rings. The Morgan fingerprint density at radius 3 is 2.47 bits per heavy atom. The van der Waals surface area contributed by atoms with Gasteiger partial charge in [0.1, 0.15) is 6.61 Å². The Morgan fingerprint density at radius 1 is 0.947 bits per heavy atom. The number of nitro groups is 1. The maximum Gasteiger partial charge on any atom is 0.311 e. The summed E-state index contributed by atoms with van der Waals surface area (Å²) in [6.07, 6.45) is 1.38. The van der Waals surface area contributed by atoms with Crippen LogP contribution in [0.2, 0.25) is 10.0 Å². The highest BCUT2D eigenvalue weighted by atomic mass is 35.5. The van der Waals surface area contributed by atoms with E-state index in [1.54, 1.807) is 48.5 Å². The van der Waals surface area contributed by atoms with Crippen molar-refractivity contribution in [2.45, 2.75) is 6.61 Å². The van der Waals surface area contributed by atoms with E-state index in [0.29, 0.717) is 43.5 Å². The van der Waals surface area contributed by atoms with E-state index in [0.717, 1.165) is 0 Å². The van der Waals surface area contributed by atoms with Gasteiger partial charge in [-0.2, -0.15) is 9.78 Å². The highest BCUT2D eigenvalue weighted by Crippen LogP contribution is 2.29. The fourth-order valence-corrected chi connectivity index (χ4v) is 4.12. The van der Waals surface area contributed by atoms with Crippen LogP contribution in [0.5, 0.6) is 5.75 Å². The average Bonchev–Trinajstić information content (AvgIpc) is 2.93. The zero-order chi connectivity index (χ0) is 26.6. The number of nitro benzene ring substituents is 1. The number of nitrogens with zero attached hydrogens (tertiary/aromatic N) is 4. The van der Waals surface area contributed by atoms with Crippen LogP contribution >= 0.6 is 23.2 Å². The molecular weight excluding hydrogens is 527 g/mol. The summed E-state index contributed by atoms with van der Waals surface area (Å²) in [5, 5.41) is 17.3. The van der Waals surface area contributed by atoms with Gasteiger partial charge in [0.2, 0.25) is 0 Å². The lowest BCUT2D eigenvalue weighted by atomic mass is 10.2. The summed E-state index contributed by atoms with van der Waals surface area (Å²) in [7, 11) is 0. The van der Waals surface area contributed by atoms with Crippen molar-refractivity contribution in [2.75, 3.05) is 0 Å². The molecule has 10 heteroatoms. The van der Waals surface area contributed by atoms with E-state index < -0.39 is 4.92 Å². The van der Waals surface area contributed by atoms with Crippen molar-refractivity contribution in [3.8, 4) is 17.1 Å². The predicted molar refractivity (Wildman–Crippen MR) is 148 cm³/mol. The average molecular weight is 545 g/mol. The largest absolute Gasteiger partial charge is 0.482 e. The summed E-state index contributed by atoms with van der Waals surface area (Å²) >= 11 is 12.0. The molecule has 0 saturated carbocycles. The first-order chi connectivity index (χ1) is 18.4. The lowest BCUT2D eigenvalue weighted by Gasteiger charge is -2.10. The van der Waals surface area contributed by atoms with Crippen LogP contribution < -0.4 is 10.3 Å². The third-order valence-corrected chi connectivity index (χ3v) is 6.41. The Bertz CT molecular complexity index is 1750. The van der Waals surface area contributed by atoms with Crippen molar-refractivity contribution in [2.24, 2.45) is 5.10 Å².